The van der Waals surface area contributed by atoms with E-state index in [4.69, 9.17) is 0 Å². The SMILES string of the molecule is CCCNC(c1cc(C)c(F)cc1F)C(C)C1CC1. The van der Waals surface area contributed by atoms with Crippen molar-refractivity contribution in [1.29, 1.82) is 0 Å². The Hall–Kier alpha value is -0.960. The van der Waals surface area contributed by atoms with Crippen LogP contribution in [-0.2, 0) is 0 Å². The number of aryl methyl sites for hydroxylation is 1. The maximum atomic E-state index is 14.1. The molecule has 3 heteroatoms. The number of hydrogen-bond donors (Lipinski definition) is 1. The zero-order valence-electron chi connectivity index (χ0n) is 12.0. The van der Waals surface area contributed by atoms with Crippen molar-refractivity contribution >= 4 is 0 Å². The van der Waals surface area contributed by atoms with Crippen molar-refractivity contribution in [1.82, 2.24) is 5.32 Å². The van der Waals surface area contributed by atoms with Gasteiger partial charge >= 0.3 is 0 Å². The highest BCUT2D eigenvalue weighted by Gasteiger charge is 2.35. The van der Waals surface area contributed by atoms with Crippen molar-refractivity contribution < 1.29 is 8.78 Å². The van der Waals surface area contributed by atoms with E-state index < -0.39 is 11.6 Å². The van der Waals surface area contributed by atoms with Crippen LogP contribution in [0, 0.1) is 30.4 Å². The van der Waals surface area contributed by atoms with Gasteiger partial charge in [-0.15, -0.1) is 0 Å². The molecule has 0 aromatic heterocycles. The largest absolute Gasteiger partial charge is 0.310 e. The topological polar surface area (TPSA) is 12.0 Å². The van der Waals surface area contributed by atoms with Gasteiger partial charge in [-0.1, -0.05) is 13.8 Å². The van der Waals surface area contributed by atoms with Crippen molar-refractivity contribution in [3.8, 4) is 0 Å². The van der Waals surface area contributed by atoms with Crippen molar-refractivity contribution in [2.45, 2.75) is 46.1 Å². The van der Waals surface area contributed by atoms with E-state index in [0.29, 0.717) is 23.0 Å². The van der Waals surface area contributed by atoms with Crippen molar-refractivity contribution in [3.63, 3.8) is 0 Å². The Morgan fingerprint density at radius 2 is 1.95 bits per heavy atom. The maximum absolute atomic E-state index is 14.1. The molecule has 0 amide bonds. The molecule has 2 unspecified atom stereocenters. The molecule has 0 heterocycles. The van der Waals surface area contributed by atoms with Gasteiger partial charge in [0, 0.05) is 17.7 Å². The lowest BCUT2D eigenvalue weighted by atomic mass is 9.89. The standard InChI is InChI=1S/C16H23F2N/c1-4-7-19-16(11(3)12-5-6-12)13-8-10(2)14(17)9-15(13)18/h8-9,11-12,16,19H,4-7H2,1-3H3. The van der Waals surface area contributed by atoms with Crippen molar-refractivity contribution in [3.05, 3.63) is 34.9 Å². The Kier molecular flexibility index (Phi) is 4.56. The molecule has 2 atom stereocenters. The highest BCUT2D eigenvalue weighted by molar-refractivity contribution is 5.29. The molecule has 1 nitrogen and oxygen atoms in total. The molecule has 1 aliphatic rings. The minimum atomic E-state index is -0.463. The highest BCUT2D eigenvalue weighted by atomic mass is 19.1. The Bertz CT molecular complexity index is 441. The molecule has 0 aliphatic heterocycles. The average Bonchev–Trinajstić information content (AvgIpc) is 3.19. The normalized spacial score (nSPS) is 18.4. The predicted octanol–water partition coefficient (Wildman–Crippen LogP) is 4.36. The second kappa shape index (κ2) is 6.00. The second-order valence-corrected chi connectivity index (χ2v) is 5.75. The quantitative estimate of drug-likeness (QED) is 0.807. The van der Waals surface area contributed by atoms with E-state index in [-0.39, 0.29) is 6.04 Å². The number of halogens is 2. The van der Waals surface area contributed by atoms with E-state index in [1.165, 1.54) is 12.8 Å². The van der Waals surface area contributed by atoms with Gasteiger partial charge in [0.2, 0.25) is 0 Å². The van der Waals surface area contributed by atoms with Gasteiger partial charge in [-0.3, -0.25) is 0 Å². The summed E-state index contributed by atoms with van der Waals surface area (Å²) in [6.07, 6.45) is 3.47. The third-order valence-electron chi connectivity index (χ3n) is 4.12. The summed E-state index contributed by atoms with van der Waals surface area (Å²) < 4.78 is 27.5. The van der Waals surface area contributed by atoms with Crippen molar-refractivity contribution in [2.75, 3.05) is 6.54 Å². The summed E-state index contributed by atoms with van der Waals surface area (Å²) in [6.45, 7) is 6.82. The number of nitrogens with one attached hydrogen (secondary N) is 1. The van der Waals surface area contributed by atoms with E-state index >= 15 is 0 Å². The molecule has 0 radical (unpaired) electrons. The van der Waals surface area contributed by atoms with Crippen LogP contribution in [0.1, 0.15) is 50.3 Å². The summed E-state index contributed by atoms with van der Waals surface area (Å²) in [6, 6.07) is 2.67. The molecule has 1 aliphatic carbocycles. The van der Waals surface area contributed by atoms with Gasteiger partial charge in [0.25, 0.3) is 0 Å². The fourth-order valence-electron chi connectivity index (χ4n) is 2.69. The van der Waals surface area contributed by atoms with E-state index in [0.717, 1.165) is 19.0 Å². The molecule has 0 saturated heterocycles. The molecule has 1 aromatic rings. The molecule has 1 aromatic carbocycles. The maximum Gasteiger partial charge on any atom is 0.130 e. The van der Waals surface area contributed by atoms with Crippen LogP contribution in [0.2, 0.25) is 0 Å². The summed E-state index contributed by atoms with van der Waals surface area (Å²) >= 11 is 0. The van der Waals surface area contributed by atoms with Crippen LogP contribution < -0.4 is 5.32 Å². The highest BCUT2D eigenvalue weighted by Crippen LogP contribution is 2.43. The predicted molar refractivity (Wildman–Crippen MR) is 74.0 cm³/mol. The summed E-state index contributed by atoms with van der Waals surface area (Å²) in [5, 5.41) is 3.43. The summed E-state index contributed by atoms with van der Waals surface area (Å²) in [5.74, 6) is 0.184. The molecule has 106 valence electrons. The molecule has 0 bridgehead atoms. The monoisotopic (exact) mass is 267 g/mol. The zero-order valence-corrected chi connectivity index (χ0v) is 12.0. The van der Waals surface area contributed by atoms with Gasteiger partial charge in [-0.05, 0) is 56.2 Å². The lowest BCUT2D eigenvalue weighted by Gasteiger charge is -2.26. The molecule has 19 heavy (non-hydrogen) atoms. The third kappa shape index (κ3) is 3.33. The molecule has 0 spiro atoms. The molecule has 1 N–H and O–H groups in total. The van der Waals surface area contributed by atoms with E-state index in [1.54, 1.807) is 13.0 Å². The van der Waals surface area contributed by atoms with E-state index in [9.17, 15) is 8.78 Å². The Morgan fingerprint density at radius 3 is 2.53 bits per heavy atom. The lowest BCUT2D eigenvalue weighted by Crippen LogP contribution is -2.29. The van der Waals surface area contributed by atoms with Crippen LogP contribution in [0.15, 0.2) is 12.1 Å². The van der Waals surface area contributed by atoms with Crippen LogP contribution in [0.3, 0.4) is 0 Å². The molecular weight excluding hydrogens is 244 g/mol. The minimum Gasteiger partial charge on any atom is -0.310 e. The Morgan fingerprint density at radius 1 is 1.26 bits per heavy atom. The first-order chi connectivity index (χ1) is 9.04. The fourth-order valence-corrected chi connectivity index (χ4v) is 2.69. The first-order valence-electron chi connectivity index (χ1n) is 7.23. The second-order valence-electron chi connectivity index (χ2n) is 5.75. The smallest absolute Gasteiger partial charge is 0.130 e. The number of rotatable bonds is 6. The average molecular weight is 267 g/mol. The molecule has 1 saturated carbocycles. The summed E-state index contributed by atoms with van der Waals surface area (Å²) in [7, 11) is 0. The third-order valence-corrected chi connectivity index (χ3v) is 4.12. The van der Waals surface area contributed by atoms with Gasteiger partial charge in [-0.25, -0.2) is 8.78 Å². The van der Waals surface area contributed by atoms with Gasteiger partial charge in [-0.2, -0.15) is 0 Å². The van der Waals surface area contributed by atoms with Gasteiger partial charge in [0.15, 0.2) is 0 Å². The van der Waals surface area contributed by atoms with Crippen LogP contribution in [-0.4, -0.2) is 6.54 Å². The van der Waals surface area contributed by atoms with Crippen molar-refractivity contribution in [2.24, 2.45) is 11.8 Å². The van der Waals surface area contributed by atoms with Crippen LogP contribution >= 0.6 is 0 Å². The fraction of sp³-hybridized carbons (Fsp3) is 0.625. The first-order valence-corrected chi connectivity index (χ1v) is 7.23. The Labute approximate surface area is 114 Å². The van der Waals surface area contributed by atoms with Gasteiger partial charge < -0.3 is 5.32 Å². The first kappa shape index (κ1) is 14.4. The van der Waals surface area contributed by atoms with Gasteiger partial charge in [0.05, 0.1) is 0 Å². The van der Waals surface area contributed by atoms with Gasteiger partial charge in [0.1, 0.15) is 11.6 Å². The molecular formula is C16H23F2N. The lowest BCUT2D eigenvalue weighted by molar-refractivity contribution is 0.339. The summed E-state index contributed by atoms with van der Waals surface area (Å²) in [5.41, 5.74) is 1.13. The minimum absolute atomic E-state index is 0.00764. The number of benzene rings is 1. The summed E-state index contributed by atoms with van der Waals surface area (Å²) in [4.78, 5) is 0. The van der Waals surface area contributed by atoms with Crippen LogP contribution in [0.4, 0.5) is 8.78 Å². The van der Waals surface area contributed by atoms with E-state index in [2.05, 4.69) is 19.2 Å². The van der Waals surface area contributed by atoms with Crippen LogP contribution in [0.5, 0.6) is 0 Å². The molecule has 2 rings (SSSR count). The number of hydrogen-bond acceptors (Lipinski definition) is 1. The van der Waals surface area contributed by atoms with Crippen LogP contribution in [0.25, 0.3) is 0 Å². The van der Waals surface area contributed by atoms with E-state index in [1.807, 2.05) is 0 Å². The molecule has 1 fully saturated rings. The zero-order chi connectivity index (χ0) is 14.0. The Balaban J connectivity index is 2.28.